The molecule has 0 spiro atoms. The number of nitrogens with zero attached hydrogens (tertiary/aromatic N) is 1. The highest BCUT2D eigenvalue weighted by Crippen LogP contribution is 2.18. The Morgan fingerprint density at radius 3 is 2.92 bits per heavy atom. The van der Waals surface area contributed by atoms with Gasteiger partial charge in [0.25, 0.3) is 0 Å². The van der Waals surface area contributed by atoms with Gasteiger partial charge in [0.05, 0.1) is 4.90 Å². The van der Waals surface area contributed by atoms with E-state index < -0.39 is 15.8 Å². The molecular formula is C17H26FN3O2S. The van der Waals surface area contributed by atoms with E-state index in [1.54, 1.807) is 0 Å². The molecule has 134 valence electrons. The topological polar surface area (TPSA) is 61.4 Å². The minimum atomic E-state index is -3.67. The molecule has 5 nitrogen and oxygen atoms in total. The van der Waals surface area contributed by atoms with Crippen LogP contribution >= 0.6 is 0 Å². The molecule has 2 fully saturated rings. The molecule has 0 aliphatic carbocycles. The molecule has 0 aromatic heterocycles. The Morgan fingerprint density at radius 2 is 2.17 bits per heavy atom. The zero-order chi connectivity index (χ0) is 17.0. The van der Waals surface area contributed by atoms with Crippen molar-refractivity contribution in [2.24, 2.45) is 5.92 Å². The van der Waals surface area contributed by atoms with Gasteiger partial charge in [-0.3, -0.25) is 0 Å². The highest BCUT2D eigenvalue weighted by atomic mass is 32.2. The summed E-state index contributed by atoms with van der Waals surface area (Å²) < 4.78 is 40.9. The summed E-state index contributed by atoms with van der Waals surface area (Å²) in [5.74, 6) is 0.116. The second-order valence-electron chi connectivity index (χ2n) is 6.89. The SMILES string of the molecule is O=S(=O)(NC1CCCN(CC2CCCNC2)C1)c1cccc(F)c1. The van der Waals surface area contributed by atoms with Crippen LogP contribution in [0.3, 0.4) is 0 Å². The maximum absolute atomic E-state index is 13.3. The van der Waals surface area contributed by atoms with Gasteiger partial charge in [-0.05, 0) is 69.4 Å². The summed E-state index contributed by atoms with van der Waals surface area (Å²) in [6.07, 6.45) is 4.27. The van der Waals surface area contributed by atoms with E-state index in [4.69, 9.17) is 0 Å². The molecule has 2 N–H and O–H groups in total. The molecule has 2 atom stereocenters. The minimum Gasteiger partial charge on any atom is -0.316 e. The molecule has 0 amide bonds. The van der Waals surface area contributed by atoms with Crippen LogP contribution in [-0.2, 0) is 10.0 Å². The van der Waals surface area contributed by atoms with Crippen molar-refractivity contribution in [3.63, 3.8) is 0 Å². The van der Waals surface area contributed by atoms with Crippen molar-refractivity contribution in [1.82, 2.24) is 14.9 Å². The van der Waals surface area contributed by atoms with Crippen LogP contribution in [0, 0.1) is 11.7 Å². The van der Waals surface area contributed by atoms with Crippen LogP contribution in [0.1, 0.15) is 25.7 Å². The molecule has 2 saturated heterocycles. The van der Waals surface area contributed by atoms with Gasteiger partial charge in [-0.1, -0.05) is 6.07 Å². The molecule has 7 heteroatoms. The Balaban J connectivity index is 1.58. The first-order valence-corrected chi connectivity index (χ1v) is 10.2. The molecule has 2 aliphatic heterocycles. The Hall–Kier alpha value is -1.02. The molecule has 1 aromatic carbocycles. The minimum absolute atomic E-state index is 0.00361. The lowest BCUT2D eigenvalue weighted by Gasteiger charge is -2.36. The molecule has 2 aliphatic rings. The summed E-state index contributed by atoms with van der Waals surface area (Å²) >= 11 is 0. The summed E-state index contributed by atoms with van der Waals surface area (Å²) in [6.45, 7) is 4.92. The molecule has 2 unspecified atom stereocenters. The first-order chi connectivity index (χ1) is 11.5. The second-order valence-corrected chi connectivity index (χ2v) is 8.60. The van der Waals surface area contributed by atoms with Crippen molar-refractivity contribution in [2.45, 2.75) is 36.6 Å². The van der Waals surface area contributed by atoms with E-state index >= 15 is 0 Å². The maximum atomic E-state index is 13.3. The molecular weight excluding hydrogens is 329 g/mol. The molecule has 24 heavy (non-hydrogen) atoms. The average Bonchev–Trinajstić information content (AvgIpc) is 2.56. The molecule has 0 saturated carbocycles. The Labute approximate surface area is 143 Å². The predicted octanol–water partition coefficient (Wildman–Crippen LogP) is 1.57. The Morgan fingerprint density at radius 1 is 1.29 bits per heavy atom. The van der Waals surface area contributed by atoms with E-state index in [1.807, 2.05) is 0 Å². The van der Waals surface area contributed by atoms with E-state index in [0.717, 1.165) is 51.6 Å². The van der Waals surface area contributed by atoms with Gasteiger partial charge in [-0.15, -0.1) is 0 Å². The zero-order valence-corrected chi connectivity index (χ0v) is 14.7. The van der Waals surface area contributed by atoms with Gasteiger partial charge in [-0.2, -0.15) is 0 Å². The van der Waals surface area contributed by atoms with Crippen LogP contribution in [0.4, 0.5) is 4.39 Å². The largest absolute Gasteiger partial charge is 0.316 e. The van der Waals surface area contributed by atoms with Crippen molar-refractivity contribution < 1.29 is 12.8 Å². The molecule has 2 heterocycles. The highest BCUT2D eigenvalue weighted by Gasteiger charge is 2.27. The van der Waals surface area contributed by atoms with Gasteiger partial charge < -0.3 is 10.2 Å². The Bertz CT molecular complexity index is 647. The average molecular weight is 355 g/mol. The van der Waals surface area contributed by atoms with E-state index in [-0.39, 0.29) is 10.9 Å². The lowest BCUT2D eigenvalue weighted by atomic mass is 9.97. The normalized spacial score (nSPS) is 26.4. The predicted molar refractivity (Wildman–Crippen MR) is 91.8 cm³/mol. The van der Waals surface area contributed by atoms with Crippen LogP contribution in [0.2, 0.25) is 0 Å². The Kier molecular flexibility index (Phi) is 5.86. The van der Waals surface area contributed by atoms with E-state index in [1.165, 1.54) is 31.0 Å². The fourth-order valence-electron chi connectivity index (χ4n) is 3.68. The first-order valence-electron chi connectivity index (χ1n) is 8.74. The fourth-order valence-corrected chi connectivity index (χ4v) is 4.98. The summed E-state index contributed by atoms with van der Waals surface area (Å²) in [6, 6.07) is 5.06. The number of rotatable bonds is 5. The third-order valence-corrected chi connectivity index (χ3v) is 6.37. The third kappa shape index (κ3) is 4.75. The van der Waals surface area contributed by atoms with Crippen LogP contribution in [0.5, 0.6) is 0 Å². The van der Waals surface area contributed by atoms with Crippen molar-refractivity contribution in [2.75, 3.05) is 32.7 Å². The quantitative estimate of drug-likeness (QED) is 0.842. The summed E-state index contributed by atoms with van der Waals surface area (Å²) in [7, 11) is -3.67. The van der Waals surface area contributed by atoms with Crippen LogP contribution in [0.15, 0.2) is 29.2 Å². The van der Waals surface area contributed by atoms with Crippen molar-refractivity contribution in [3.8, 4) is 0 Å². The zero-order valence-electron chi connectivity index (χ0n) is 13.9. The van der Waals surface area contributed by atoms with E-state index in [2.05, 4.69) is 14.9 Å². The molecule has 0 bridgehead atoms. The van der Waals surface area contributed by atoms with E-state index in [0.29, 0.717) is 5.92 Å². The van der Waals surface area contributed by atoms with Crippen LogP contribution in [-0.4, -0.2) is 52.1 Å². The van der Waals surface area contributed by atoms with Gasteiger partial charge in [0.15, 0.2) is 0 Å². The number of benzene rings is 1. The second kappa shape index (κ2) is 7.91. The number of likely N-dealkylation sites (tertiary alicyclic amines) is 1. The van der Waals surface area contributed by atoms with Gasteiger partial charge in [-0.25, -0.2) is 17.5 Å². The summed E-state index contributed by atoms with van der Waals surface area (Å²) in [5, 5.41) is 3.43. The monoisotopic (exact) mass is 355 g/mol. The summed E-state index contributed by atoms with van der Waals surface area (Å²) in [4.78, 5) is 2.36. The number of piperidine rings is 2. The van der Waals surface area contributed by atoms with Crippen molar-refractivity contribution in [3.05, 3.63) is 30.1 Å². The van der Waals surface area contributed by atoms with Gasteiger partial charge in [0.2, 0.25) is 10.0 Å². The molecule has 1 aromatic rings. The number of nitrogens with one attached hydrogen (secondary N) is 2. The van der Waals surface area contributed by atoms with Crippen molar-refractivity contribution in [1.29, 1.82) is 0 Å². The lowest BCUT2D eigenvalue weighted by Crippen LogP contribution is -2.49. The summed E-state index contributed by atoms with van der Waals surface area (Å²) in [5.41, 5.74) is 0. The highest BCUT2D eigenvalue weighted by molar-refractivity contribution is 7.89. The standard InChI is InChI=1S/C17H26FN3O2S/c18-15-5-1-7-17(10-15)24(22,23)20-16-6-3-9-21(13-16)12-14-4-2-8-19-11-14/h1,5,7,10,14,16,19-20H,2-4,6,8-9,11-13H2. The van der Waals surface area contributed by atoms with Crippen LogP contribution < -0.4 is 10.0 Å². The number of halogens is 1. The van der Waals surface area contributed by atoms with Gasteiger partial charge in [0.1, 0.15) is 5.82 Å². The van der Waals surface area contributed by atoms with Gasteiger partial charge in [0, 0.05) is 19.1 Å². The van der Waals surface area contributed by atoms with Gasteiger partial charge >= 0.3 is 0 Å². The third-order valence-electron chi connectivity index (χ3n) is 4.85. The molecule has 3 rings (SSSR count). The maximum Gasteiger partial charge on any atom is 0.240 e. The van der Waals surface area contributed by atoms with E-state index in [9.17, 15) is 12.8 Å². The smallest absolute Gasteiger partial charge is 0.240 e. The fraction of sp³-hybridized carbons (Fsp3) is 0.647. The first kappa shape index (κ1) is 17.8. The number of hydrogen-bond donors (Lipinski definition) is 2. The number of sulfonamides is 1. The van der Waals surface area contributed by atoms with Crippen LogP contribution in [0.25, 0.3) is 0 Å². The lowest BCUT2D eigenvalue weighted by molar-refractivity contribution is 0.162. The molecule has 0 radical (unpaired) electrons. The number of hydrogen-bond acceptors (Lipinski definition) is 4. The van der Waals surface area contributed by atoms with Crippen molar-refractivity contribution >= 4 is 10.0 Å².